The highest BCUT2D eigenvalue weighted by molar-refractivity contribution is 7.09. The second kappa shape index (κ2) is 10.3. The number of aryl methyl sites for hydroxylation is 2. The number of nitrogens with zero attached hydrogens (tertiary/aromatic N) is 2. The van der Waals surface area contributed by atoms with Crippen molar-refractivity contribution in [2.45, 2.75) is 45.6 Å². The molecule has 1 saturated heterocycles. The topological polar surface area (TPSA) is 63.7 Å². The lowest BCUT2D eigenvalue weighted by atomic mass is 9.96. The monoisotopic (exact) mass is 429 g/mol. The molecule has 2 aliphatic rings. The molecule has 1 fully saturated rings. The van der Waals surface area contributed by atoms with E-state index in [0.29, 0.717) is 32.0 Å². The first-order valence-electron chi connectivity index (χ1n) is 10.9. The van der Waals surface area contributed by atoms with Crippen molar-refractivity contribution in [1.29, 1.82) is 0 Å². The number of hydrogen-bond acceptors (Lipinski definition) is 6. The van der Waals surface area contributed by atoms with Crippen LogP contribution in [0.4, 0.5) is 0 Å². The summed E-state index contributed by atoms with van der Waals surface area (Å²) in [4.78, 5) is 19.4. The zero-order valence-corrected chi connectivity index (χ0v) is 18.5. The average Bonchev–Trinajstić information content (AvgIpc) is 3.02. The molecule has 0 saturated carbocycles. The van der Waals surface area contributed by atoms with Crippen molar-refractivity contribution in [2.75, 3.05) is 32.8 Å². The van der Waals surface area contributed by atoms with Gasteiger partial charge in [-0.25, -0.2) is 4.98 Å². The van der Waals surface area contributed by atoms with Gasteiger partial charge in [-0.15, -0.1) is 11.3 Å². The molecule has 1 aromatic heterocycles. The zero-order chi connectivity index (χ0) is 20.8. The SMILES string of the molecule is Cc1nc(CN2CCC(CNC(=O)CCc3ccc4c(c3)OCCCO4)CC2)cs1. The van der Waals surface area contributed by atoms with Crippen molar-refractivity contribution in [3.8, 4) is 11.5 Å². The van der Waals surface area contributed by atoms with Gasteiger partial charge in [0, 0.05) is 31.3 Å². The van der Waals surface area contributed by atoms with Gasteiger partial charge in [0.2, 0.25) is 5.91 Å². The number of benzene rings is 1. The molecule has 162 valence electrons. The predicted octanol–water partition coefficient (Wildman–Crippen LogP) is 3.57. The molecule has 0 spiro atoms. The quantitative estimate of drug-likeness (QED) is 0.729. The number of ether oxygens (including phenoxy) is 2. The molecule has 6 nitrogen and oxygen atoms in total. The van der Waals surface area contributed by atoms with Gasteiger partial charge in [-0.3, -0.25) is 9.69 Å². The van der Waals surface area contributed by atoms with E-state index in [-0.39, 0.29) is 5.91 Å². The average molecular weight is 430 g/mol. The second-order valence-electron chi connectivity index (χ2n) is 8.21. The number of carbonyl (C=O) groups excluding carboxylic acids is 1. The Kier molecular flexibility index (Phi) is 7.23. The number of piperidine rings is 1. The number of nitrogens with one attached hydrogen (secondary N) is 1. The van der Waals surface area contributed by atoms with E-state index in [4.69, 9.17) is 9.47 Å². The Balaban J connectivity index is 1.15. The number of fused-ring (bicyclic) bond motifs is 1. The fraction of sp³-hybridized carbons (Fsp3) is 0.565. The number of thiazole rings is 1. The van der Waals surface area contributed by atoms with Crippen molar-refractivity contribution >= 4 is 17.2 Å². The molecule has 1 aromatic carbocycles. The lowest BCUT2D eigenvalue weighted by Crippen LogP contribution is -2.38. The van der Waals surface area contributed by atoms with Crippen LogP contribution in [0.15, 0.2) is 23.6 Å². The van der Waals surface area contributed by atoms with Gasteiger partial charge < -0.3 is 14.8 Å². The smallest absolute Gasteiger partial charge is 0.220 e. The summed E-state index contributed by atoms with van der Waals surface area (Å²) in [5.74, 6) is 2.30. The third kappa shape index (κ3) is 5.95. The maximum absolute atomic E-state index is 12.3. The minimum absolute atomic E-state index is 0.127. The second-order valence-corrected chi connectivity index (χ2v) is 9.28. The Labute approximate surface area is 182 Å². The van der Waals surface area contributed by atoms with Crippen LogP contribution in [0, 0.1) is 12.8 Å². The van der Waals surface area contributed by atoms with E-state index in [1.165, 1.54) is 5.69 Å². The molecule has 0 aliphatic carbocycles. The minimum Gasteiger partial charge on any atom is -0.490 e. The summed E-state index contributed by atoms with van der Waals surface area (Å²) in [6, 6.07) is 5.99. The van der Waals surface area contributed by atoms with Crippen molar-refractivity contribution in [2.24, 2.45) is 5.92 Å². The standard InChI is InChI=1S/C23H31N3O3S/c1-17-25-20(16-30-17)15-26-9-7-19(8-10-26)14-24-23(27)6-4-18-3-5-21-22(13-18)29-12-2-11-28-21/h3,5,13,16,19H,2,4,6-12,14-15H2,1H3,(H,24,27). The van der Waals surface area contributed by atoms with Crippen LogP contribution in [0.5, 0.6) is 11.5 Å². The number of hydrogen-bond donors (Lipinski definition) is 1. The van der Waals surface area contributed by atoms with Gasteiger partial charge in [-0.1, -0.05) is 6.07 Å². The first-order chi connectivity index (χ1) is 14.7. The van der Waals surface area contributed by atoms with Gasteiger partial charge in [0.15, 0.2) is 11.5 Å². The lowest BCUT2D eigenvalue weighted by molar-refractivity contribution is -0.121. The van der Waals surface area contributed by atoms with Crippen LogP contribution < -0.4 is 14.8 Å². The van der Waals surface area contributed by atoms with Crippen LogP contribution in [0.1, 0.15) is 41.9 Å². The molecule has 7 heteroatoms. The maximum Gasteiger partial charge on any atom is 0.220 e. The van der Waals surface area contributed by atoms with Crippen molar-refractivity contribution < 1.29 is 14.3 Å². The molecule has 4 rings (SSSR count). The summed E-state index contributed by atoms with van der Waals surface area (Å²) in [6.45, 7) is 7.31. The maximum atomic E-state index is 12.3. The first-order valence-corrected chi connectivity index (χ1v) is 11.8. The van der Waals surface area contributed by atoms with Crippen molar-refractivity contribution in [3.63, 3.8) is 0 Å². The molecule has 30 heavy (non-hydrogen) atoms. The summed E-state index contributed by atoms with van der Waals surface area (Å²) < 4.78 is 11.4. The summed E-state index contributed by atoms with van der Waals surface area (Å²) in [7, 11) is 0. The first kappa shape index (κ1) is 21.1. The van der Waals surface area contributed by atoms with E-state index >= 15 is 0 Å². The van der Waals surface area contributed by atoms with Crippen LogP contribution in [0.2, 0.25) is 0 Å². The molecular formula is C23H31N3O3S. The van der Waals surface area contributed by atoms with Crippen molar-refractivity contribution in [3.05, 3.63) is 39.8 Å². The number of rotatable bonds is 7. The Morgan fingerprint density at radius 3 is 2.80 bits per heavy atom. The number of aromatic nitrogens is 1. The Hall–Kier alpha value is -2.12. The molecular weight excluding hydrogens is 398 g/mol. The van der Waals surface area contributed by atoms with E-state index in [1.807, 2.05) is 18.2 Å². The Bertz CT molecular complexity index is 846. The molecule has 1 amide bonds. The van der Waals surface area contributed by atoms with Gasteiger partial charge in [-0.2, -0.15) is 0 Å². The van der Waals surface area contributed by atoms with Gasteiger partial charge in [0.1, 0.15) is 0 Å². The summed E-state index contributed by atoms with van der Waals surface area (Å²) in [5.41, 5.74) is 2.29. The fourth-order valence-electron chi connectivity index (χ4n) is 4.03. The molecule has 0 unspecified atom stereocenters. The zero-order valence-electron chi connectivity index (χ0n) is 17.7. The summed E-state index contributed by atoms with van der Waals surface area (Å²) >= 11 is 1.72. The van der Waals surface area contributed by atoms with Crippen LogP contribution in [0.3, 0.4) is 0 Å². The highest BCUT2D eigenvalue weighted by Gasteiger charge is 2.20. The number of carbonyl (C=O) groups is 1. The van der Waals surface area contributed by atoms with E-state index < -0.39 is 0 Å². The predicted molar refractivity (Wildman–Crippen MR) is 118 cm³/mol. The van der Waals surface area contributed by atoms with Gasteiger partial charge in [-0.05, 0) is 62.9 Å². The third-order valence-electron chi connectivity index (χ3n) is 5.80. The molecule has 2 aliphatic heterocycles. The molecule has 0 atom stereocenters. The van der Waals surface area contributed by atoms with Crippen molar-refractivity contribution in [1.82, 2.24) is 15.2 Å². The Morgan fingerprint density at radius 1 is 1.23 bits per heavy atom. The molecule has 0 bridgehead atoms. The number of amides is 1. The van der Waals surface area contributed by atoms with E-state index in [0.717, 1.165) is 67.5 Å². The fourth-order valence-corrected chi connectivity index (χ4v) is 4.63. The molecule has 0 radical (unpaired) electrons. The Morgan fingerprint density at radius 2 is 2.03 bits per heavy atom. The highest BCUT2D eigenvalue weighted by Crippen LogP contribution is 2.30. The van der Waals surface area contributed by atoms with Gasteiger partial charge >= 0.3 is 0 Å². The van der Waals surface area contributed by atoms with E-state index in [2.05, 4.69) is 27.5 Å². The molecule has 2 aromatic rings. The van der Waals surface area contributed by atoms with Gasteiger partial charge in [0.05, 0.1) is 23.9 Å². The largest absolute Gasteiger partial charge is 0.490 e. The number of likely N-dealkylation sites (tertiary alicyclic amines) is 1. The van der Waals surface area contributed by atoms with Crippen LogP contribution in [0.25, 0.3) is 0 Å². The van der Waals surface area contributed by atoms with Crippen LogP contribution in [-0.4, -0.2) is 48.6 Å². The van der Waals surface area contributed by atoms with Crippen LogP contribution >= 0.6 is 11.3 Å². The minimum atomic E-state index is 0.127. The lowest BCUT2D eigenvalue weighted by Gasteiger charge is -2.31. The van der Waals surface area contributed by atoms with Crippen LogP contribution in [-0.2, 0) is 17.8 Å². The summed E-state index contributed by atoms with van der Waals surface area (Å²) in [6.07, 6.45) is 4.38. The van der Waals surface area contributed by atoms with Gasteiger partial charge in [0.25, 0.3) is 0 Å². The molecule has 3 heterocycles. The third-order valence-corrected chi connectivity index (χ3v) is 6.62. The highest BCUT2D eigenvalue weighted by atomic mass is 32.1. The summed E-state index contributed by atoms with van der Waals surface area (Å²) in [5, 5.41) is 6.43. The molecule has 1 N–H and O–H groups in total. The normalized spacial score (nSPS) is 17.5. The van der Waals surface area contributed by atoms with E-state index in [9.17, 15) is 4.79 Å². The van der Waals surface area contributed by atoms with E-state index in [1.54, 1.807) is 11.3 Å².